The second-order valence-electron chi connectivity index (χ2n) is 5.40. The largest absolute Gasteiger partial charge is 0.382 e. The molecular weight excluding hydrogens is 238 g/mol. The Hall–Kier alpha value is -1.46. The molecule has 2 rings (SSSR count). The summed E-state index contributed by atoms with van der Waals surface area (Å²) in [5.41, 5.74) is 7.20. The van der Waals surface area contributed by atoms with Crippen LogP contribution in [0.4, 0.5) is 0 Å². The van der Waals surface area contributed by atoms with Gasteiger partial charge in [0.15, 0.2) is 0 Å². The highest BCUT2D eigenvalue weighted by molar-refractivity contribution is 5.94. The van der Waals surface area contributed by atoms with Gasteiger partial charge in [-0.25, -0.2) is 0 Å². The molecule has 1 atom stereocenters. The first-order chi connectivity index (χ1) is 9.08. The van der Waals surface area contributed by atoms with Crippen LogP contribution in [0.15, 0.2) is 18.3 Å². The normalized spacial score (nSPS) is 20.1. The highest BCUT2D eigenvalue weighted by atomic mass is 15.2. The van der Waals surface area contributed by atoms with Crippen LogP contribution in [0, 0.1) is 5.41 Å². The first-order valence-electron chi connectivity index (χ1n) is 6.75. The summed E-state index contributed by atoms with van der Waals surface area (Å²) in [7, 11) is 4.31. The quantitative estimate of drug-likeness (QED) is 0.610. The predicted molar refractivity (Wildman–Crippen MR) is 77.2 cm³/mol. The smallest absolute Gasteiger partial charge is 0.142 e. The zero-order chi connectivity index (χ0) is 13.8. The lowest BCUT2D eigenvalue weighted by molar-refractivity contribution is 0.215. The summed E-state index contributed by atoms with van der Waals surface area (Å²) in [4.78, 5) is 8.90. The standard InChI is InChI=1S/C14H23N5/c1-18(10-12-6-4-8-19(12)2)9-11-5-3-7-17-13(11)14(15)16/h3,5,7,12H,4,6,8-10H2,1-2H3,(H3,15,16). The van der Waals surface area contributed by atoms with Crippen molar-refractivity contribution in [1.82, 2.24) is 14.8 Å². The third kappa shape index (κ3) is 3.52. The molecule has 5 nitrogen and oxygen atoms in total. The number of nitrogens with zero attached hydrogens (tertiary/aromatic N) is 3. The van der Waals surface area contributed by atoms with E-state index in [-0.39, 0.29) is 5.84 Å². The Bertz CT molecular complexity index is 445. The molecular formula is C14H23N5. The number of pyridine rings is 1. The molecule has 0 aromatic carbocycles. The van der Waals surface area contributed by atoms with Gasteiger partial charge in [-0.05, 0) is 45.1 Å². The van der Waals surface area contributed by atoms with Crippen molar-refractivity contribution in [3.05, 3.63) is 29.6 Å². The zero-order valence-electron chi connectivity index (χ0n) is 11.8. The van der Waals surface area contributed by atoms with E-state index in [2.05, 4.69) is 28.9 Å². The van der Waals surface area contributed by atoms with Gasteiger partial charge in [0, 0.05) is 25.3 Å². The van der Waals surface area contributed by atoms with E-state index in [1.165, 1.54) is 19.4 Å². The maximum Gasteiger partial charge on any atom is 0.142 e. The molecule has 5 heteroatoms. The highest BCUT2D eigenvalue weighted by Gasteiger charge is 2.22. The molecule has 104 valence electrons. The molecule has 0 amide bonds. The van der Waals surface area contributed by atoms with Gasteiger partial charge in [-0.1, -0.05) is 6.07 Å². The highest BCUT2D eigenvalue weighted by Crippen LogP contribution is 2.16. The minimum Gasteiger partial charge on any atom is -0.382 e. The molecule has 19 heavy (non-hydrogen) atoms. The fraction of sp³-hybridized carbons (Fsp3) is 0.571. The van der Waals surface area contributed by atoms with E-state index in [1.54, 1.807) is 6.20 Å². The van der Waals surface area contributed by atoms with Crippen LogP contribution < -0.4 is 5.73 Å². The summed E-state index contributed by atoms with van der Waals surface area (Å²) in [5.74, 6) is 0.0435. The molecule has 3 N–H and O–H groups in total. The molecule has 1 fully saturated rings. The van der Waals surface area contributed by atoms with E-state index in [4.69, 9.17) is 11.1 Å². The lowest BCUT2D eigenvalue weighted by atomic mass is 10.1. The molecule has 0 bridgehead atoms. The van der Waals surface area contributed by atoms with Crippen molar-refractivity contribution in [2.75, 3.05) is 27.2 Å². The van der Waals surface area contributed by atoms with Crippen molar-refractivity contribution < 1.29 is 0 Å². The summed E-state index contributed by atoms with van der Waals surface area (Å²) in [6, 6.07) is 4.54. The molecule has 0 aliphatic carbocycles. The van der Waals surface area contributed by atoms with Gasteiger partial charge in [-0.2, -0.15) is 0 Å². The van der Waals surface area contributed by atoms with Crippen LogP contribution in [0.5, 0.6) is 0 Å². The van der Waals surface area contributed by atoms with Crippen LogP contribution in [0.2, 0.25) is 0 Å². The van der Waals surface area contributed by atoms with Crippen LogP contribution >= 0.6 is 0 Å². The molecule has 1 aliphatic rings. The Labute approximate surface area is 114 Å². The Balaban J connectivity index is 1.98. The minimum absolute atomic E-state index is 0.0435. The van der Waals surface area contributed by atoms with E-state index in [0.29, 0.717) is 11.7 Å². The molecule has 0 saturated carbocycles. The van der Waals surface area contributed by atoms with Gasteiger partial charge in [0.2, 0.25) is 0 Å². The summed E-state index contributed by atoms with van der Waals surface area (Å²) in [6.07, 6.45) is 4.25. The molecule has 0 spiro atoms. The van der Waals surface area contributed by atoms with Crippen molar-refractivity contribution in [3.8, 4) is 0 Å². The number of rotatable bonds is 5. The number of likely N-dealkylation sites (tertiary alicyclic amines) is 1. The summed E-state index contributed by atoms with van der Waals surface area (Å²) in [5, 5.41) is 7.57. The zero-order valence-corrected chi connectivity index (χ0v) is 11.8. The predicted octanol–water partition coefficient (Wildman–Crippen LogP) is 0.892. The maximum absolute atomic E-state index is 7.57. The topological polar surface area (TPSA) is 69.2 Å². The second kappa shape index (κ2) is 6.12. The van der Waals surface area contributed by atoms with Gasteiger partial charge in [-0.15, -0.1) is 0 Å². The van der Waals surface area contributed by atoms with Crippen LogP contribution in [0.3, 0.4) is 0 Å². The van der Waals surface area contributed by atoms with E-state index < -0.39 is 0 Å². The van der Waals surface area contributed by atoms with Gasteiger partial charge < -0.3 is 15.5 Å². The molecule has 1 saturated heterocycles. The van der Waals surface area contributed by atoms with Gasteiger partial charge in [0.05, 0.1) is 0 Å². The monoisotopic (exact) mass is 261 g/mol. The summed E-state index contributed by atoms with van der Waals surface area (Å²) < 4.78 is 0. The summed E-state index contributed by atoms with van der Waals surface area (Å²) >= 11 is 0. The number of nitrogens with one attached hydrogen (secondary N) is 1. The fourth-order valence-corrected chi connectivity index (χ4v) is 2.73. The van der Waals surface area contributed by atoms with Crippen LogP contribution in [0.25, 0.3) is 0 Å². The molecule has 1 aliphatic heterocycles. The van der Waals surface area contributed by atoms with Gasteiger partial charge in [-0.3, -0.25) is 10.4 Å². The van der Waals surface area contributed by atoms with Crippen molar-refractivity contribution in [2.45, 2.75) is 25.4 Å². The van der Waals surface area contributed by atoms with E-state index in [9.17, 15) is 0 Å². The Kier molecular flexibility index (Phi) is 4.50. The Morgan fingerprint density at radius 1 is 1.63 bits per heavy atom. The number of nitrogen functional groups attached to an aromatic ring is 1. The summed E-state index contributed by atoms with van der Waals surface area (Å²) in [6.45, 7) is 3.03. The lowest BCUT2D eigenvalue weighted by Crippen LogP contribution is -2.36. The number of hydrogen-bond acceptors (Lipinski definition) is 4. The number of nitrogens with two attached hydrogens (primary N) is 1. The first-order valence-corrected chi connectivity index (χ1v) is 6.75. The average molecular weight is 261 g/mol. The minimum atomic E-state index is 0.0435. The third-order valence-corrected chi connectivity index (χ3v) is 3.78. The lowest BCUT2D eigenvalue weighted by Gasteiger charge is -2.26. The van der Waals surface area contributed by atoms with Crippen molar-refractivity contribution in [2.24, 2.45) is 5.73 Å². The molecule has 1 unspecified atom stereocenters. The van der Waals surface area contributed by atoms with Crippen LogP contribution in [0.1, 0.15) is 24.1 Å². The van der Waals surface area contributed by atoms with Gasteiger partial charge in [0.25, 0.3) is 0 Å². The second-order valence-corrected chi connectivity index (χ2v) is 5.40. The third-order valence-electron chi connectivity index (χ3n) is 3.78. The van der Waals surface area contributed by atoms with Crippen molar-refractivity contribution in [1.29, 1.82) is 5.41 Å². The average Bonchev–Trinajstić information content (AvgIpc) is 2.75. The molecule has 0 radical (unpaired) electrons. The number of amidine groups is 1. The van der Waals surface area contributed by atoms with Crippen LogP contribution in [-0.2, 0) is 6.54 Å². The Morgan fingerprint density at radius 3 is 3.05 bits per heavy atom. The van der Waals surface area contributed by atoms with E-state index in [1.807, 2.05) is 12.1 Å². The number of hydrogen-bond donors (Lipinski definition) is 2. The van der Waals surface area contributed by atoms with E-state index in [0.717, 1.165) is 18.7 Å². The van der Waals surface area contributed by atoms with Crippen LogP contribution in [-0.4, -0.2) is 53.8 Å². The van der Waals surface area contributed by atoms with Gasteiger partial charge in [0.1, 0.15) is 11.5 Å². The van der Waals surface area contributed by atoms with Crippen molar-refractivity contribution >= 4 is 5.84 Å². The number of likely N-dealkylation sites (N-methyl/N-ethyl adjacent to an activating group) is 2. The fourth-order valence-electron chi connectivity index (χ4n) is 2.73. The Morgan fingerprint density at radius 2 is 2.42 bits per heavy atom. The maximum atomic E-state index is 7.57. The molecule has 2 heterocycles. The molecule has 1 aromatic heterocycles. The van der Waals surface area contributed by atoms with E-state index >= 15 is 0 Å². The molecule has 1 aromatic rings. The number of aromatic nitrogens is 1. The first kappa shape index (κ1) is 14.0. The van der Waals surface area contributed by atoms with Gasteiger partial charge >= 0.3 is 0 Å². The SMILES string of the molecule is CN(Cc1cccnc1C(=N)N)CC1CCCN1C. The van der Waals surface area contributed by atoms with Crippen molar-refractivity contribution in [3.63, 3.8) is 0 Å².